The normalized spacial score (nSPS) is 18.1. The van der Waals surface area contributed by atoms with Gasteiger partial charge in [-0.3, -0.25) is 14.4 Å². The van der Waals surface area contributed by atoms with E-state index in [-0.39, 0.29) is 30.2 Å². The molecule has 6 heteroatoms. The third-order valence-corrected chi connectivity index (χ3v) is 5.27. The first-order valence-corrected chi connectivity index (χ1v) is 9.71. The Morgan fingerprint density at radius 1 is 0.963 bits per heavy atom. The van der Waals surface area contributed by atoms with Gasteiger partial charge in [0.2, 0.25) is 17.7 Å². The summed E-state index contributed by atoms with van der Waals surface area (Å²) in [5.74, 6) is -0.227. The van der Waals surface area contributed by atoms with Crippen molar-refractivity contribution >= 4 is 23.8 Å². The van der Waals surface area contributed by atoms with Gasteiger partial charge in [-0.25, -0.2) is 0 Å². The van der Waals surface area contributed by atoms with Gasteiger partial charge < -0.3 is 15.1 Å². The van der Waals surface area contributed by atoms with Gasteiger partial charge in [-0.05, 0) is 37.3 Å². The SMILES string of the molecule is O=C(NCC(=O)N1CCCC1)C1CCN(C(=O)/C=C/c2ccccc2)CC1. The van der Waals surface area contributed by atoms with E-state index in [9.17, 15) is 14.4 Å². The van der Waals surface area contributed by atoms with E-state index in [0.717, 1.165) is 31.5 Å². The maximum atomic E-state index is 12.3. The van der Waals surface area contributed by atoms with Crippen LogP contribution in [-0.2, 0) is 14.4 Å². The van der Waals surface area contributed by atoms with Gasteiger partial charge in [0.1, 0.15) is 0 Å². The van der Waals surface area contributed by atoms with Gasteiger partial charge in [0.05, 0.1) is 6.54 Å². The Morgan fingerprint density at radius 3 is 2.30 bits per heavy atom. The Hall–Kier alpha value is -2.63. The summed E-state index contributed by atoms with van der Waals surface area (Å²) in [6.45, 7) is 2.81. The van der Waals surface area contributed by atoms with E-state index in [1.165, 1.54) is 0 Å². The van der Waals surface area contributed by atoms with Gasteiger partial charge in [0.15, 0.2) is 0 Å². The molecule has 0 unspecified atom stereocenters. The van der Waals surface area contributed by atoms with Gasteiger partial charge in [-0.1, -0.05) is 30.3 Å². The zero-order valence-electron chi connectivity index (χ0n) is 15.6. The molecule has 0 spiro atoms. The van der Waals surface area contributed by atoms with Crippen LogP contribution in [0.4, 0.5) is 0 Å². The summed E-state index contributed by atoms with van der Waals surface area (Å²) < 4.78 is 0. The molecule has 27 heavy (non-hydrogen) atoms. The second kappa shape index (κ2) is 9.35. The number of benzene rings is 1. The van der Waals surface area contributed by atoms with Crippen LogP contribution in [0.5, 0.6) is 0 Å². The summed E-state index contributed by atoms with van der Waals surface area (Å²) >= 11 is 0. The molecule has 1 aromatic carbocycles. The number of rotatable bonds is 5. The van der Waals surface area contributed by atoms with Crippen molar-refractivity contribution in [3.63, 3.8) is 0 Å². The molecule has 0 atom stereocenters. The highest BCUT2D eigenvalue weighted by atomic mass is 16.2. The summed E-state index contributed by atoms with van der Waals surface area (Å²) in [6.07, 6.45) is 6.76. The highest BCUT2D eigenvalue weighted by molar-refractivity contribution is 5.92. The first-order valence-electron chi connectivity index (χ1n) is 9.71. The number of likely N-dealkylation sites (tertiary alicyclic amines) is 2. The maximum absolute atomic E-state index is 12.3. The highest BCUT2D eigenvalue weighted by Crippen LogP contribution is 2.18. The molecular formula is C21H27N3O3. The lowest BCUT2D eigenvalue weighted by molar-refractivity contribution is -0.134. The van der Waals surface area contributed by atoms with Crippen LogP contribution < -0.4 is 5.32 Å². The van der Waals surface area contributed by atoms with Gasteiger partial charge in [-0.2, -0.15) is 0 Å². The van der Waals surface area contributed by atoms with Crippen molar-refractivity contribution in [1.29, 1.82) is 0 Å². The van der Waals surface area contributed by atoms with Crippen LogP contribution in [0.25, 0.3) is 6.08 Å². The van der Waals surface area contributed by atoms with Crippen molar-refractivity contribution in [3.8, 4) is 0 Å². The molecule has 2 saturated heterocycles. The van der Waals surface area contributed by atoms with E-state index in [4.69, 9.17) is 0 Å². The Kier molecular flexibility index (Phi) is 6.63. The number of hydrogen-bond donors (Lipinski definition) is 1. The molecule has 2 fully saturated rings. The van der Waals surface area contributed by atoms with Gasteiger partial charge >= 0.3 is 0 Å². The molecule has 3 rings (SSSR count). The second-order valence-corrected chi connectivity index (χ2v) is 7.15. The minimum absolute atomic E-state index is 0.000451. The Balaban J connectivity index is 1.40. The topological polar surface area (TPSA) is 69.7 Å². The average molecular weight is 369 g/mol. The number of carbonyl (C=O) groups excluding carboxylic acids is 3. The van der Waals surface area contributed by atoms with E-state index in [1.807, 2.05) is 36.4 Å². The summed E-state index contributed by atoms with van der Waals surface area (Å²) in [5, 5.41) is 2.77. The van der Waals surface area contributed by atoms with Crippen LogP contribution in [0.15, 0.2) is 36.4 Å². The predicted octanol–water partition coefficient (Wildman–Crippen LogP) is 1.68. The molecule has 1 N–H and O–H groups in total. The van der Waals surface area contributed by atoms with E-state index in [0.29, 0.717) is 25.9 Å². The Morgan fingerprint density at radius 2 is 1.63 bits per heavy atom. The predicted molar refractivity (Wildman–Crippen MR) is 104 cm³/mol. The summed E-state index contributed by atoms with van der Waals surface area (Å²) in [5.41, 5.74) is 0.989. The minimum atomic E-state index is -0.126. The molecule has 0 aromatic heterocycles. The number of amides is 3. The van der Waals surface area contributed by atoms with Crippen molar-refractivity contribution < 1.29 is 14.4 Å². The monoisotopic (exact) mass is 369 g/mol. The standard InChI is InChI=1S/C21H27N3O3/c25-19(9-8-17-6-2-1-3-7-17)24-14-10-18(11-15-24)21(27)22-16-20(26)23-12-4-5-13-23/h1-3,6-9,18H,4-5,10-16H2,(H,22,27)/b9-8+. The van der Waals surface area contributed by atoms with E-state index >= 15 is 0 Å². The van der Waals surface area contributed by atoms with Crippen LogP contribution in [0.3, 0.4) is 0 Å². The van der Waals surface area contributed by atoms with Gasteiger partial charge in [-0.15, -0.1) is 0 Å². The second-order valence-electron chi connectivity index (χ2n) is 7.15. The molecule has 0 aliphatic carbocycles. The smallest absolute Gasteiger partial charge is 0.246 e. The number of nitrogens with one attached hydrogen (secondary N) is 1. The third kappa shape index (κ3) is 5.42. The molecular weight excluding hydrogens is 342 g/mol. The first kappa shape index (κ1) is 19.1. The van der Waals surface area contributed by atoms with Crippen molar-refractivity contribution in [2.75, 3.05) is 32.7 Å². The lowest BCUT2D eigenvalue weighted by atomic mass is 9.96. The molecule has 3 amide bonds. The largest absolute Gasteiger partial charge is 0.347 e. The van der Waals surface area contributed by atoms with Crippen LogP contribution in [0.1, 0.15) is 31.2 Å². The fraction of sp³-hybridized carbons (Fsp3) is 0.476. The van der Waals surface area contributed by atoms with Gasteiger partial charge in [0.25, 0.3) is 0 Å². The Bertz CT molecular complexity index is 688. The summed E-state index contributed by atoms with van der Waals surface area (Å²) in [4.78, 5) is 40.2. The van der Waals surface area contributed by atoms with Crippen molar-refractivity contribution in [1.82, 2.24) is 15.1 Å². The van der Waals surface area contributed by atoms with E-state index in [1.54, 1.807) is 15.9 Å². The molecule has 6 nitrogen and oxygen atoms in total. The average Bonchev–Trinajstić information content (AvgIpc) is 3.26. The quantitative estimate of drug-likeness (QED) is 0.803. The van der Waals surface area contributed by atoms with E-state index in [2.05, 4.69) is 5.32 Å². The Labute approximate surface area is 160 Å². The highest BCUT2D eigenvalue weighted by Gasteiger charge is 2.27. The van der Waals surface area contributed by atoms with Crippen LogP contribution in [-0.4, -0.2) is 60.2 Å². The number of hydrogen-bond acceptors (Lipinski definition) is 3. The van der Waals surface area contributed by atoms with Crippen molar-refractivity contribution in [3.05, 3.63) is 42.0 Å². The minimum Gasteiger partial charge on any atom is -0.347 e. The molecule has 2 aliphatic rings. The van der Waals surface area contributed by atoms with Crippen LogP contribution in [0, 0.1) is 5.92 Å². The molecule has 144 valence electrons. The van der Waals surface area contributed by atoms with Gasteiger partial charge in [0, 0.05) is 38.2 Å². The number of nitrogens with zero attached hydrogens (tertiary/aromatic N) is 2. The molecule has 2 aliphatic heterocycles. The summed E-state index contributed by atoms with van der Waals surface area (Å²) in [6, 6.07) is 9.70. The maximum Gasteiger partial charge on any atom is 0.246 e. The lowest BCUT2D eigenvalue weighted by Gasteiger charge is -2.30. The molecule has 0 bridgehead atoms. The lowest BCUT2D eigenvalue weighted by Crippen LogP contribution is -2.45. The fourth-order valence-electron chi connectivity index (χ4n) is 3.58. The molecule has 2 heterocycles. The van der Waals surface area contributed by atoms with E-state index < -0.39 is 0 Å². The first-order chi connectivity index (χ1) is 13.1. The molecule has 0 radical (unpaired) electrons. The van der Waals surface area contributed by atoms with Crippen molar-refractivity contribution in [2.45, 2.75) is 25.7 Å². The zero-order chi connectivity index (χ0) is 19.1. The summed E-state index contributed by atoms with van der Waals surface area (Å²) in [7, 11) is 0. The van der Waals surface area contributed by atoms with Crippen LogP contribution in [0.2, 0.25) is 0 Å². The zero-order valence-corrected chi connectivity index (χ0v) is 15.6. The van der Waals surface area contributed by atoms with Crippen LogP contribution >= 0.6 is 0 Å². The van der Waals surface area contributed by atoms with Crippen molar-refractivity contribution in [2.24, 2.45) is 5.92 Å². The fourth-order valence-corrected chi connectivity index (χ4v) is 3.58. The number of carbonyl (C=O) groups is 3. The number of piperidine rings is 1. The third-order valence-electron chi connectivity index (χ3n) is 5.27. The molecule has 1 aromatic rings. The molecule has 0 saturated carbocycles.